The Hall–Kier alpha value is -1.62. The van der Waals surface area contributed by atoms with Crippen LogP contribution in [0.25, 0.3) is 0 Å². The van der Waals surface area contributed by atoms with Crippen molar-refractivity contribution in [3.8, 4) is 0 Å². The predicted molar refractivity (Wildman–Crippen MR) is 67.3 cm³/mol. The molecule has 0 aliphatic carbocycles. The summed E-state index contributed by atoms with van der Waals surface area (Å²) >= 11 is 0. The molecule has 18 heavy (non-hydrogen) atoms. The first-order chi connectivity index (χ1) is 8.54. The first-order valence-corrected chi connectivity index (χ1v) is 5.92. The zero-order chi connectivity index (χ0) is 13.5. The van der Waals surface area contributed by atoms with Gasteiger partial charge >= 0.3 is 5.97 Å². The molecule has 0 amide bonds. The molecule has 0 saturated heterocycles. The number of aliphatic hydroxyl groups is 1. The number of rotatable bonds is 7. The van der Waals surface area contributed by atoms with Crippen molar-refractivity contribution >= 4 is 11.7 Å². The minimum Gasteiger partial charge on any atom is -0.478 e. The van der Waals surface area contributed by atoms with E-state index in [4.69, 9.17) is 10.2 Å². The Bertz CT molecular complexity index is 409. The highest BCUT2D eigenvalue weighted by atomic mass is 19.1. The van der Waals surface area contributed by atoms with Crippen molar-refractivity contribution in [1.82, 2.24) is 0 Å². The summed E-state index contributed by atoms with van der Waals surface area (Å²) in [4.78, 5) is 10.6. The molecule has 1 rings (SSSR count). The van der Waals surface area contributed by atoms with E-state index >= 15 is 0 Å². The third-order valence-electron chi connectivity index (χ3n) is 2.71. The average Bonchev–Trinajstić information content (AvgIpc) is 2.34. The van der Waals surface area contributed by atoms with Gasteiger partial charge in [0.2, 0.25) is 0 Å². The molecule has 4 nitrogen and oxygen atoms in total. The summed E-state index contributed by atoms with van der Waals surface area (Å²) in [5.74, 6) is -1.75. The Kier molecular flexibility index (Phi) is 5.58. The summed E-state index contributed by atoms with van der Waals surface area (Å²) in [5, 5.41) is 20.5. The van der Waals surface area contributed by atoms with Crippen LogP contribution < -0.4 is 5.32 Å². The minimum absolute atomic E-state index is 0.169. The molecule has 100 valence electrons. The van der Waals surface area contributed by atoms with Gasteiger partial charge in [-0.1, -0.05) is 6.92 Å². The molecular formula is C13H18FNO3. The van der Waals surface area contributed by atoms with E-state index < -0.39 is 11.8 Å². The highest BCUT2D eigenvalue weighted by Crippen LogP contribution is 2.15. The molecule has 1 aromatic rings. The Morgan fingerprint density at radius 2 is 2.22 bits per heavy atom. The molecular weight excluding hydrogens is 237 g/mol. The van der Waals surface area contributed by atoms with Gasteiger partial charge in [-0.05, 0) is 37.0 Å². The van der Waals surface area contributed by atoms with Crippen LogP contribution in [0.2, 0.25) is 0 Å². The number of carboxylic acid groups (broad SMARTS) is 1. The van der Waals surface area contributed by atoms with E-state index in [0.29, 0.717) is 12.2 Å². The van der Waals surface area contributed by atoms with Gasteiger partial charge in [-0.2, -0.15) is 0 Å². The number of aliphatic hydroxyl groups excluding tert-OH is 1. The predicted octanol–water partition coefficient (Wildman–Crippen LogP) is 2.34. The summed E-state index contributed by atoms with van der Waals surface area (Å²) in [5.41, 5.74) is 0.239. The SMILES string of the molecule is CC(CO)CCCNc1ccc(C(=O)O)c(F)c1. The maximum atomic E-state index is 13.3. The van der Waals surface area contributed by atoms with Gasteiger partial charge in [0.15, 0.2) is 0 Å². The quantitative estimate of drug-likeness (QED) is 0.654. The van der Waals surface area contributed by atoms with Crippen molar-refractivity contribution < 1.29 is 19.4 Å². The summed E-state index contributed by atoms with van der Waals surface area (Å²) in [6.07, 6.45) is 1.75. The molecule has 1 unspecified atom stereocenters. The zero-order valence-corrected chi connectivity index (χ0v) is 10.3. The van der Waals surface area contributed by atoms with Crippen LogP contribution in [0.1, 0.15) is 30.1 Å². The number of nitrogens with one attached hydrogen (secondary N) is 1. The number of carbonyl (C=O) groups is 1. The van der Waals surface area contributed by atoms with Crippen molar-refractivity contribution in [3.63, 3.8) is 0 Å². The zero-order valence-electron chi connectivity index (χ0n) is 10.3. The topological polar surface area (TPSA) is 69.6 Å². The van der Waals surface area contributed by atoms with Crippen LogP contribution in [0.5, 0.6) is 0 Å². The van der Waals surface area contributed by atoms with Crippen LogP contribution in [-0.2, 0) is 0 Å². The third kappa shape index (κ3) is 4.33. The van der Waals surface area contributed by atoms with Gasteiger partial charge < -0.3 is 15.5 Å². The highest BCUT2D eigenvalue weighted by molar-refractivity contribution is 5.88. The molecule has 0 radical (unpaired) electrons. The molecule has 3 N–H and O–H groups in total. The number of hydrogen-bond donors (Lipinski definition) is 3. The molecule has 0 aliphatic heterocycles. The fourth-order valence-corrected chi connectivity index (χ4v) is 1.57. The van der Waals surface area contributed by atoms with Crippen molar-refractivity contribution in [2.45, 2.75) is 19.8 Å². The molecule has 1 aromatic carbocycles. The minimum atomic E-state index is -1.27. The second kappa shape index (κ2) is 6.96. The van der Waals surface area contributed by atoms with Crippen LogP contribution in [-0.4, -0.2) is 29.3 Å². The lowest BCUT2D eigenvalue weighted by atomic mass is 10.1. The van der Waals surface area contributed by atoms with Crippen LogP contribution >= 0.6 is 0 Å². The van der Waals surface area contributed by atoms with E-state index in [0.717, 1.165) is 12.8 Å². The van der Waals surface area contributed by atoms with Crippen molar-refractivity contribution in [3.05, 3.63) is 29.6 Å². The first-order valence-electron chi connectivity index (χ1n) is 5.92. The lowest BCUT2D eigenvalue weighted by molar-refractivity contribution is 0.0692. The molecule has 5 heteroatoms. The molecule has 1 atom stereocenters. The Morgan fingerprint density at radius 1 is 1.50 bits per heavy atom. The lowest BCUT2D eigenvalue weighted by Gasteiger charge is -2.09. The molecule has 0 heterocycles. The van der Waals surface area contributed by atoms with Crippen LogP contribution in [0.4, 0.5) is 10.1 Å². The van der Waals surface area contributed by atoms with E-state index in [-0.39, 0.29) is 18.1 Å². The van der Waals surface area contributed by atoms with Crippen LogP contribution in [0.15, 0.2) is 18.2 Å². The highest BCUT2D eigenvalue weighted by Gasteiger charge is 2.10. The lowest BCUT2D eigenvalue weighted by Crippen LogP contribution is -2.07. The number of hydrogen-bond acceptors (Lipinski definition) is 3. The molecule has 0 saturated carbocycles. The molecule has 0 spiro atoms. The Morgan fingerprint density at radius 3 is 2.78 bits per heavy atom. The van der Waals surface area contributed by atoms with Gasteiger partial charge in [0.1, 0.15) is 5.82 Å². The summed E-state index contributed by atoms with van der Waals surface area (Å²) in [6, 6.07) is 3.97. The van der Waals surface area contributed by atoms with E-state index in [1.54, 1.807) is 6.07 Å². The second-order valence-corrected chi connectivity index (χ2v) is 4.36. The van der Waals surface area contributed by atoms with Gasteiger partial charge in [0.25, 0.3) is 0 Å². The van der Waals surface area contributed by atoms with Gasteiger partial charge in [-0.25, -0.2) is 9.18 Å². The maximum Gasteiger partial charge on any atom is 0.338 e. The van der Waals surface area contributed by atoms with Crippen LogP contribution in [0, 0.1) is 11.7 Å². The fraction of sp³-hybridized carbons (Fsp3) is 0.462. The molecule has 0 aromatic heterocycles. The monoisotopic (exact) mass is 255 g/mol. The van der Waals surface area contributed by atoms with E-state index in [1.165, 1.54) is 12.1 Å². The second-order valence-electron chi connectivity index (χ2n) is 4.36. The van der Waals surface area contributed by atoms with Crippen molar-refractivity contribution in [1.29, 1.82) is 0 Å². The first kappa shape index (κ1) is 14.4. The molecule has 0 bridgehead atoms. The smallest absolute Gasteiger partial charge is 0.338 e. The van der Waals surface area contributed by atoms with E-state index in [1.807, 2.05) is 6.92 Å². The van der Waals surface area contributed by atoms with E-state index in [9.17, 15) is 9.18 Å². The van der Waals surface area contributed by atoms with Gasteiger partial charge in [0.05, 0.1) is 5.56 Å². The molecule has 0 aliphatic rings. The fourth-order valence-electron chi connectivity index (χ4n) is 1.57. The van der Waals surface area contributed by atoms with Crippen LogP contribution in [0.3, 0.4) is 0 Å². The number of halogens is 1. The summed E-state index contributed by atoms with van der Waals surface area (Å²) in [6.45, 7) is 2.79. The number of anilines is 1. The third-order valence-corrected chi connectivity index (χ3v) is 2.71. The average molecular weight is 255 g/mol. The Balaban J connectivity index is 2.44. The normalized spacial score (nSPS) is 12.2. The van der Waals surface area contributed by atoms with Gasteiger partial charge in [-0.15, -0.1) is 0 Å². The van der Waals surface area contributed by atoms with Gasteiger partial charge in [0, 0.05) is 18.8 Å². The van der Waals surface area contributed by atoms with Gasteiger partial charge in [-0.3, -0.25) is 0 Å². The standard InChI is InChI=1S/C13H18FNO3/c1-9(8-16)3-2-6-15-10-4-5-11(13(17)18)12(14)7-10/h4-5,7,9,15-16H,2-3,6,8H2,1H3,(H,17,18). The summed E-state index contributed by atoms with van der Waals surface area (Å²) in [7, 11) is 0. The Labute approximate surface area is 105 Å². The maximum absolute atomic E-state index is 13.3. The number of carboxylic acids is 1. The van der Waals surface area contributed by atoms with E-state index in [2.05, 4.69) is 5.32 Å². The van der Waals surface area contributed by atoms with Crippen molar-refractivity contribution in [2.75, 3.05) is 18.5 Å². The largest absolute Gasteiger partial charge is 0.478 e. The van der Waals surface area contributed by atoms with Crippen molar-refractivity contribution in [2.24, 2.45) is 5.92 Å². The number of aromatic carboxylic acids is 1. The molecule has 0 fully saturated rings. The summed E-state index contributed by atoms with van der Waals surface area (Å²) < 4.78 is 13.3. The number of benzene rings is 1.